The van der Waals surface area contributed by atoms with E-state index in [1.807, 2.05) is 0 Å². The van der Waals surface area contributed by atoms with Crippen LogP contribution in [0.1, 0.15) is 0 Å². The molecule has 0 fully saturated rings. The van der Waals surface area contributed by atoms with E-state index < -0.39 is 4.92 Å². The number of hydrogen-bond acceptors (Lipinski definition) is 3. The molecule has 0 aliphatic rings. The van der Waals surface area contributed by atoms with E-state index in [9.17, 15) is 14.5 Å². The predicted molar refractivity (Wildman–Crippen MR) is 75.6 cm³/mol. The number of nitro benzene ring substituents is 1. The molecule has 0 bridgehead atoms. The summed E-state index contributed by atoms with van der Waals surface area (Å²) < 4.78 is 14.8. The molecule has 104 valence electrons. The number of aromatic nitrogens is 2. The minimum atomic E-state index is -0.453. The molecule has 0 saturated heterocycles. The number of benzene rings is 2. The highest BCUT2D eigenvalue weighted by Gasteiger charge is 2.07. The monoisotopic (exact) mass is 283 g/mol. The van der Waals surface area contributed by atoms with Crippen molar-refractivity contribution < 1.29 is 9.31 Å². The van der Waals surface area contributed by atoms with Crippen LogP contribution in [0.25, 0.3) is 16.8 Å². The summed E-state index contributed by atoms with van der Waals surface area (Å²) in [7, 11) is 0. The van der Waals surface area contributed by atoms with E-state index in [1.165, 1.54) is 24.3 Å². The summed E-state index contributed by atoms with van der Waals surface area (Å²) in [5, 5.41) is 14.8. The summed E-state index contributed by atoms with van der Waals surface area (Å²) in [6.07, 6.45) is 3.37. The molecule has 0 spiro atoms. The molecule has 6 heteroatoms. The molecule has 0 atom stereocenters. The van der Waals surface area contributed by atoms with Gasteiger partial charge in [-0.2, -0.15) is 5.10 Å². The normalized spacial score (nSPS) is 10.5. The third-order valence-corrected chi connectivity index (χ3v) is 3.07. The third kappa shape index (κ3) is 2.64. The Morgan fingerprint density at radius 1 is 1.10 bits per heavy atom. The van der Waals surface area contributed by atoms with E-state index >= 15 is 0 Å². The quantitative estimate of drug-likeness (QED) is 0.545. The zero-order valence-corrected chi connectivity index (χ0v) is 10.8. The SMILES string of the molecule is O=[N+]([O-])c1ccc(-n2cc(-c3cccc(F)c3)cn2)cc1. The third-order valence-electron chi connectivity index (χ3n) is 3.07. The molecule has 1 heterocycles. The number of non-ortho nitro benzene ring substituents is 1. The Balaban J connectivity index is 1.93. The average molecular weight is 283 g/mol. The highest BCUT2D eigenvalue weighted by molar-refractivity contribution is 5.62. The second-order valence-electron chi connectivity index (χ2n) is 4.46. The minimum absolute atomic E-state index is 0.0243. The molecular formula is C15H10FN3O2. The molecule has 0 N–H and O–H groups in total. The highest BCUT2D eigenvalue weighted by atomic mass is 19.1. The molecule has 0 unspecified atom stereocenters. The number of rotatable bonds is 3. The van der Waals surface area contributed by atoms with E-state index in [0.29, 0.717) is 5.69 Å². The summed E-state index contributed by atoms with van der Waals surface area (Å²) in [6, 6.07) is 12.3. The Morgan fingerprint density at radius 2 is 1.86 bits per heavy atom. The van der Waals surface area contributed by atoms with Gasteiger partial charge in [0.25, 0.3) is 5.69 Å². The Morgan fingerprint density at radius 3 is 2.52 bits per heavy atom. The molecule has 1 aromatic heterocycles. The van der Waals surface area contributed by atoms with Crippen molar-refractivity contribution in [3.05, 3.63) is 76.9 Å². The van der Waals surface area contributed by atoms with Crippen LogP contribution in [0.3, 0.4) is 0 Å². The van der Waals surface area contributed by atoms with Gasteiger partial charge in [-0.05, 0) is 29.8 Å². The number of hydrogen-bond donors (Lipinski definition) is 0. The Kier molecular flexibility index (Phi) is 3.19. The maximum absolute atomic E-state index is 13.2. The van der Waals surface area contributed by atoms with Gasteiger partial charge in [-0.25, -0.2) is 9.07 Å². The molecule has 3 rings (SSSR count). The first kappa shape index (κ1) is 13.0. The molecule has 0 amide bonds. The van der Waals surface area contributed by atoms with Crippen LogP contribution in [0, 0.1) is 15.9 Å². The maximum atomic E-state index is 13.2. The van der Waals surface area contributed by atoms with Crippen molar-refractivity contribution in [1.29, 1.82) is 0 Å². The summed E-state index contributed by atoms with van der Waals surface area (Å²) in [5.41, 5.74) is 2.22. The molecule has 3 aromatic rings. The van der Waals surface area contributed by atoms with Gasteiger partial charge in [-0.1, -0.05) is 12.1 Å². The van der Waals surface area contributed by atoms with Gasteiger partial charge in [0.05, 0.1) is 16.8 Å². The van der Waals surface area contributed by atoms with E-state index in [-0.39, 0.29) is 11.5 Å². The second-order valence-corrected chi connectivity index (χ2v) is 4.46. The van der Waals surface area contributed by atoms with Gasteiger partial charge in [0.1, 0.15) is 5.82 Å². The van der Waals surface area contributed by atoms with Crippen molar-refractivity contribution in [3.8, 4) is 16.8 Å². The molecule has 0 aliphatic heterocycles. The lowest BCUT2D eigenvalue weighted by Gasteiger charge is -2.00. The van der Waals surface area contributed by atoms with Gasteiger partial charge in [-0.3, -0.25) is 10.1 Å². The van der Waals surface area contributed by atoms with Crippen molar-refractivity contribution in [1.82, 2.24) is 9.78 Å². The van der Waals surface area contributed by atoms with E-state index in [1.54, 1.807) is 41.3 Å². The largest absolute Gasteiger partial charge is 0.269 e. The van der Waals surface area contributed by atoms with E-state index in [2.05, 4.69) is 5.10 Å². The lowest BCUT2D eigenvalue weighted by molar-refractivity contribution is -0.384. The number of halogens is 1. The van der Waals surface area contributed by atoms with Gasteiger partial charge in [0.15, 0.2) is 0 Å². The Hall–Kier alpha value is -3.02. The first-order valence-corrected chi connectivity index (χ1v) is 6.19. The zero-order chi connectivity index (χ0) is 14.8. The smallest absolute Gasteiger partial charge is 0.258 e. The first-order valence-electron chi connectivity index (χ1n) is 6.19. The zero-order valence-electron chi connectivity index (χ0n) is 10.8. The summed E-state index contributed by atoms with van der Waals surface area (Å²) in [6.45, 7) is 0. The molecule has 5 nitrogen and oxygen atoms in total. The average Bonchev–Trinajstić information content (AvgIpc) is 2.97. The second kappa shape index (κ2) is 5.16. The summed E-state index contributed by atoms with van der Waals surface area (Å²) in [4.78, 5) is 10.2. The molecular weight excluding hydrogens is 273 g/mol. The van der Waals surface area contributed by atoms with Crippen molar-refractivity contribution in [3.63, 3.8) is 0 Å². The Bertz CT molecular complexity index is 797. The van der Waals surface area contributed by atoms with Crippen LogP contribution in [0.15, 0.2) is 60.9 Å². The minimum Gasteiger partial charge on any atom is -0.258 e. The van der Waals surface area contributed by atoms with Gasteiger partial charge in [0, 0.05) is 23.9 Å². The molecule has 0 saturated carbocycles. The van der Waals surface area contributed by atoms with Gasteiger partial charge in [0.2, 0.25) is 0 Å². The molecule has 21 heavy (non-hydrogen) atoms. The fourth-order valence-electron chi connectivity index (χ4n) is 2.01. The van der Waals surface area contributed by atoms with E-state index in [4.69, 9.17) is 0 Å². The van der Waals surface area contributed by atoms with Crippen LogP contribution < -0.4 is 0 Å². The van der Waals surface area contributed by atoms with Crippen molar-refractivity contribution in [2.24, 2.45) is 0 Å². The van der Waals surface area contributed by atoms with Gasteiger partial charge in [-0.15, -0.1) is 0 Å². The van der Waals surface area contributed by atoms with Crippen molar-refractivity contribution in [2.75, 3.05) is 0 Å². The van der Waals surface area contributed by atoms with Crippen LogP contribution in [0.2, 0.25) is 0 Å². The van der Waals surface area contributed by atoms with Crippen LogP contribution in [0.4, 0.5) is 10.1 Å². The topological polar surface area (TPSA) is 61.0 Å². The predicted octanol–water partition coefficient (Wildman–Crippen LogP) is 3.59. The van der Waals surface area contributed by atoms with Gasteiger partial charge < -0.3 is 0 Å². The van der Waals surface area contributed by atoms with Crippen LogP contribution in [-0.2, 0) is 0 Å². The number of nitro groups is 1. The lowest BCUT2D eigenvalue weighted by Crippen LogP contribution is -1.94. The van der Waals surface area contributed by atoms with E-state index in [0.717, 1.165) is 11.1 Å². The fraction of sp³-hybridized carbons (Fsp3) is 0. The van der Waals surface area contributed by atoms with Gasteiger partial charge >= 0.3 is 0 Å². The number of nitrogens with zero attached hydrogens (tertiary/aromatic N) is 3. The molecule has 0 radical (unpaired) electrons. The van der Waals surface area contributed by atoms with Crippen molar-refractivity contribution >= 4 is 5.69 Å². The first-order chi connectivity index (χ1) is 10.1. The van der Waals surface area contributed by atoms with Crippen LogP contribution in [0.5, 0.6) is 0 Å². The highest BCUT2D eigenvalue weighted by Crippen LogP contribution is 2.21. The fourth-order valence-corrected chi connectivity index (χ4v) is 2.01. The molecule has 0 aliphatic carbocycles. The van der Waals surface area contributed by atoms with Crippen molar-refractivity contribution in [2.45, 2.75) is 0 Å². The summed E-state index contributed by atoms with van der Waals surface area (Å²) in [5.74, 6) is -0.310. The standard InChI is InChI=1S/C15H10FN3O2/c16-13-3-1-2-11(8-13)12-9-17-18(10-12)14-4-6-15(7-5-14)19(20)21/h1-10H. The lowest BCUT2D eigenvalue weighted by atomic mass is 10.1. The van der Waals surface area contributed by atoms with Crippen LogP contribution in [-0.4, -0.2) is 14.7 Å². The Labute approximate surface area is 119 Å². The maximum Gasteiger partial charge on any atom is 0.269 e. The summed E-state index contributed by atoms with van der Waals surface area (Å²) >= 11 is 0. The van der Waals surface area contributed by atoms with Crippen LogP contribution >= 0.6 is 0 Å². The molecule has 2 aromatic carbocycles.